The van der Waals surface area contributed by atoms with Crippen LogP contribution in [0.2, 0.25) is 0 Å². The van der Waals surface area contributed by atoms with E-state index < -0.39 is 17.6 Å². The van der Waals surface area contributed by atoms with Crippen LogP contribution in [0.3, 0.4) is 0 Å². The summed E-state index contributed by atoms with van der Waals surface area (Å²) in [6, 6.07) is 0. The fourth-order valence-corrected chi connectivity index (χ4v) is 2.02. The summed E-state index contributed by atoms with van der Waals surface area (Å²) in [4.78, 5) is 22.5. The van der Waals surface area contributed by atoms with Gasteiger partial charge in [0.15, 0.2) is 0 Å². The van der Waals surface area contributed by atoms with Crippen molar-refractivity contribution in [3.63, 3.8) is 0 Å². The van der Waals surface area contributed by atoms with Gasteiger partial charge in [0, 0.05) is 0 Å². The fraction of sp³-hybridized carbons (Fsp3) is 0.636. The lowest BCUT2D eigenvalue weighted by atomic mass is 9.97. The van der Waals surface area contributed by atoms with E-state index in [-0.39, 0.29) is 6.61 Å². The van der Waals surface area contributed by atoms with Gasteiger partial charge in [-0.15, -0.1) is 0 Å². The summed E-state index contributed by atoms with van der Waals surface area (Å²) in [5.41, 5.74) is -1.16. The molecule has 1 aliphatic carbocycles. The van der Waals surface area contributed by atoms with Crippen LogP contribution in [0, 0.1) is 5.92 Å². The van der Waals surface area contributed by atoms with E-state index in [1.807, 2.05) is 6.92 Å². The average molecular weight is 227 g/mol. The molecule has 0 spiro atoms. The lowest BCUT2D eigenvalue weighted by Crippen LogP contribution is -2.52. The minimum absolute atomic E-state index is 0.0804. The highest BCUT2D eigenvalue weighted by atomic mass is 16.5. The van der Waals surface area contributed by atoms with Gasteiger partial charge in [-0.05, 0) is 25.2 Å². The zero-order valence-electron chi connectivity index (χ0n) is 9.36. The van der Waals surface area contributed by atoms with Gasteiger partial charge in [-0.1, -0.05) is 19.6 Å². The third kappa shape index (κ3) is 2.74. The van der Waals surface area contributed by atoms with Crippen LogP contribution in [0.5, 0.6) is 0 Å². The van der Waals surface area contributed by atoms with Gasteiger partial charge in [0.1, 0.15) is 12.1 Å². The molecule has 1 amide bonds. The van der Waals surface area contributed by atoms with E-state index in [0.717, 1.165) is 6.42 Å². The molecule has 2 unspecified atom stereocenters. The van der Waals surface area contributed by atoms with Gasteiger partial charge in [0.25, 0.3) is 0 Å². The molecule has 0 aromatic rings. The van der Waals surface area contributed by atoms with Crippen LogP contribution in [0.4, 0.5) is 4.79 Å². The predicted molar refractivity (Wildman–Crippen MR) is 58.1 cm³/mol. The number of aliphatic carboxylic acids is 1. The van der Waals surface area contributed by atoms with Crippen LogP contribution < -0.4 is 5.32 Å². The second kappa shape index (κ2) is 5.01. The van der Waals surface area contributed by atoms with E-state index in [1.54, 1.807) is 0 Å². The number of carbonyl (C=O) groups excluding carboxylic acids is 1. The maximum absolute atomic E-state index is 11.3. The molecule has 2 N–H and O–H groups in total. The summed E-state index contributed by atoms with van der Waals surface area (Å²) in [6.07, 6.45) is 2.44. The maximum atomic E-state index is 11.3. The first kappa shape index (κ1) is 12.5. The van der Waals surface area contributed by atoms with Crippen LogP contribution in [-0.4, -0.2) is 29.3 Å². The first-order valence-corrected chi connectivity index (χ1v) is 5.29. The summed E-state index contributed by atoms with van der Waals surface area (Å²) in [5, 5.41) is 11.6. The van der Waals surface area contributed by atoms with Gasteiger partial charge in [-0.2, -0.15) is 0 Å². The fourth-order valence-electron chi connectivity index (χ4n) is 2.02. The van der Waals surface area contributed by atoms with Crippen molar-refractivity contribution in [1.29, 1.82) is 0 Å². The van der Waals surface area contributed by atoms with E-state index in [0.29, 0.717) is 18.8 Å². The Morgan fingerprint density at radius 2 is 2.38 bits per heavy atom. The summed E-state index contributed by atoms with van der Waals surface area (Å²) < 4.78 is 4.73. The molecule has 5 nitrogen and oxygen atoms in total. The Kier molecular flexibility index (Phi) is 3.93. The van der Waals surface area contributed by atoms with Crippen molar-refractivity contribution < 1.29 is 19.4 Å². The topological polar surface area (TPSA) is 75.6 Å². The number of carboxylic acids is 1. The van der Waals surface area contributed by atoms with Gasteiger partial charge in [0.2, 0.25) is 0 Å². The zero-order chi connectivity index (χ0) is 12.2. The Bertz CT molecular complexity index is 302. The lowest BCUT2D eigenvalue weighted by Gasteiger charge is -2.25. The van der Waals surface area contributed by atoms with E-state index >= 15 is 0 Å². The molecular weight excluding hydrogens is 210 g/mol. The number of carbonyl (C=O) groups is 2. The monoisotopic (exact) mass is 227 g/mol. The normalized spacial score (nSPS) is 28.4. The third-order valence-electron chi connectivity index (χ3n) is 2.84. The summed E-state index contributed by atoms with van der Waals surface area (Å²) in [6.45, 7) is 5.46. The highest BCUT2D eigenvalue weighted by Gasteiger charge is 2.45. The molecule has 0 aromatic heterocycles. The van der Waals surface area contributed by atoms with Gasteiger partial charge < -0.3 is 15.2 Å². The first-order valence-electron chi connectivity index (χ1n) is 5.29. The SMILES string of the molecule is C=CCOC(=O)NC1(C(=O)O)CCC(C)C1. The number of amides is 1. The molecule has 1 saturated carbocycles. The second-order valence-electron chi connectivity index (χ2n) is 4.25. The van der Waals surface area contributed by atoms with Crippen molar-refractivity contribution in [1.82, 2.24) is 5.32 Å². The smallest absolute Gasteiger partial charge is 0.408 e. The molecule has 16 heavy (non-hydrogen) atoms. The van der Waals surface area contributed by atoms with Crippen molar-refractivity contribution in [3.8, 4) is 0 Å². The van der Waals surface area contributed by atoms with Crippen LogP contribution in [0.1, 0.15) is 26.2 Å². The highest BCUT2D eigenvalue weighted by Crippen LogP contribution is 2.34. The summed E-state index contributed by atoms with van der Waals surface area (Å²) >= 11 is 0. The maximum Gasteiger partial charge on any atom is 0.408 e. The van der Waals surface area contributed by atoms with Crippen LogP contribution in [0.15, 0.2) is 12.7 Å². The summed E-state index contributed by atoms with van der Waals surface area (Å²) in [5.74, 6) is -0.691. The Morgan fingerprint density at radius 1 is 1.69 bits per heavy atom. The second-order valence-corrected chi connectivity index (χ2v) is 4.25. The minimum atomic E-state index is -1.16. The van der Waals surface area contributed by atoms with Crippen molar-refractivity contribution in [2.75, 3.05) is 6.61 Å². The molecule has 0 aromatic carbocycles. The average Bonchev–Trinajstić information content (AvgIpc) is 2.58. The molecule has 0 heterocycles. The van der Waals surface area contributed by atoms with Crippen LogP contribution >= 0.6 is 0 Å². The third-order valence-corrected chi connectivity index (χ3v) is 2.84. The Labute approximate surface area is 94.5 Å². The Balaban J connectivity index is 2.62. The quantitative estimate of drug-likeness (QED) is 0.714. The van der Waals surface area contributed by atoms with E-state index in [1.165, 1.54) is 6.08 Å². The van der Waals surface area contributed by atoms with Crippen molar-refractivity contribution >= 4 is 12.1 Å². The molecule has 0 bridgehead atoms. The van der Waals surface area contributed by atoms with Gasteiger partial charge in [-0.25, -0.2) is 9.59 Å². The first-order chi connectivity index (χ1) is 7.50. The van der Waals surface area contributed by atoms with Crippen LogP contribution in [0.25, 0.3) is 0 Å². The zero-order valence-corrected chi connectivity index (χ0v) is 9.36. The molecule has 0 aliphatic heterocycles. The molecule has 1 rings (SSSR count). The number of carboxylic acid groups (broad SMARTS) is 1. The van der Waals surface area contributed by atoms with E-state index in [4.69, 9.17) is 9.84 Å². The lowest BCUT2D eigenvalue weighted by molar-refractivity contribution is -0.144. The number of hydrogen-bond donors (Lipinski definition) is 2. The molecule has 5 heteroatoms. The number of hydrogen-bond acceptors (Lipinski definition) is 3. The molecule has 90 valence electrons. The van der Waals surface area contributed by atoms with Crippen molar-refractivity contribution in [2.24, 2.45) is 5.92 Å². The molecule has 0 saturated heterocycles. The number of alkyl carbamates (subject to hydrolysis) is 1. The van der Waals surface area contributed by atoms with Gasteiger partial charge >= 0.3 is 12.1 Å². The number of rotatable bonds is 4. The van der Waals surface area contributed by atoms with Crippen LogP contribution in [-0.2, 0) is 9.53 Å². The molecule has 1 aliphatic rings. The van der Waals surface area contributed by atoms with E-state index in [2.05, 4.69) is 11.9 Å². The largest absolute Gasteiger partial charge is 0.480 e. The van der Waals surface area contributed by atoms with E-state index in [9.17, 15) is 9.59 Å². The molecule has 2 atom stereocenters. The van der Waals surface area contributed by atoms with Crippen molar-refractivity contribution in [2.45, 2.75) is 31.7 Å². The molecule has 1 fully saturated rings. The Hall–Kier alpha value is -1.52. The molecular formula is C11H17NO4. The van der Waals surface area contributed by atoms with Crippen molar-refractivity contribution in [3.05, 3.63) is 12.7 Å². The van der Waals surface area contributed by atoms with Gasteiger partial charge in [-0.3, -0.25) is 0 Å². The summed E-state index contributed by atoms with van der Waals surface area (Å²) in [7, 11) is 0. The highest BCUT2D eigenvalue weighted by molar-refractivity contribution is 5.84. The Morgan fingerprint density at radius 3 is 2.81 bits per heavy atom. The number of nitrogens with one attached hydrogen (secondary N) is 1. The molecule has 0 radical (unpaired) electrons. The van der Waals surface area contributed by atoms with Gasteiger partial charge in [0.05, 0.1) is 0 Å². The predicted octanol–water partition coefficient (Wildman–Crippen LogP) is 1.54. The standard InChI is InChI=1S/C11H17NO4/c1-3-6-16-10(15)12-11(9(13)14)5-4-8(2)7-11/h3,8H,1,4-7H2,2H3,(H,12,15)(H,13,14). The number of ether oxygens (including phenoxy) is 1. The minimum Gasteiger partial charge on any atom is -0.480 e.